The summed E-state index contributed by atoms with van der Waals surface area (Å²) >= 11 is 0. The van der Waals surface area contributed by atoms with E-state index in [1.165, 1.54) is 4.90 Å². The van der Waals surface area contributed by atoms with E-state index in [0.717, 1.165) is 16.9 Å². The summed E-state index contributed by atoms with van der Waals surface area (Å²) in [5, 5.41) is 11.4. The lowest BCUT2D eigenvalue weighted by molar-refractivity contribution is -0.132. The lowest BCUT2D eigenvalue weighted by Crippen LogP contribution is -2.29. The Morgan fingerprint density at radius 1 is 1.12 bits per heavy atom. The molecule has 1 atom stereocenters. The SMILES string of the molecule is CCOc1ccc(/C(O)=C2/C(=O)C(=O)N(c3cccc(C)c3)C2c2cccnc2)cc1C(C)C. The number of Topliss-reactive ketones (excluding diaryl/α,β-unsaturated/α-hetero) is 1. The number of aryl methyl sites for hydroxylation is 1. The Balaban J connectivity index is 1.92. The fourth-order valence-corrected chi connectivity index (χ4v) is 4.32. The Kier molecular flexibility index (Phi) is 6.50. The predicted molar refractivity (Wildman–Crippen MR) is 132 cm³/mol. The number of anilines is 1. The van der Waals surface area contributed by atoms with Crippen LogP contribution in [0.3, 0.4) is 0 Å². The van der Waals surface area contributed by atoms with E-state index in [1.807, 2.05) is 52.0 Å². The minimum Gasteiger partial charge on any atom is -0.507 e. The van der Waals surface area contributed by atoms with Crippen molar-refractivity contribution in [3.8, 4) is 5.75 Å². The molecule has 6 nitrogen and oxygen atoms in total. The third-order valence-electron chi connectivity index (χ3n) is 5.93. The lowest BCUT2D eigenvalue weighted by atomic mass is 9.93. The van der Waals surface area contributed by atoms with Crippen molar-refractivity contribution in [3.63, 3.8) is 0 Å². The Hall–Kier alpha value is -3.93. The number of hydrogen-bond donors (Lipinski definition) is 1. The standard InChI is InChI=1S/C28H28N2O4/c1-5-34-23-12-11-19(15-22(23)17(2)3)26(31)24-25(20-9-7-13-29-16-20)30(28(33)27(24)32)21-10-6-8-18(4)14-21/h6-17,25,31H,5H2,1-4H3/b26-24-. The molecule has 174 valence electrons. The second-order valence-electron chi connectivity index (χ2n) is 8.63. The summed E-state index contributed by atoms with van der Waals surface area (Å²) in [6.07, 6.45) is 3.24. The first kappa shape index (κ1) is 23.2. The summed E-state index contributed by atoms with van der Waals surface area (Å²) in [7, 11) is 0. The molecule has 0 bridgehead atoms. The summed E-state index contributed by atoms with van der Waals surface area (Å²) in [4.78, 5) is 32.2. The van der Waals surface area contributed by atoms with Gasteiger partial charge in [-0.3, -0.25) is 19.5 Å². The maximum atomic E-state index is 13.3. The number of aliphatic hydroxyl groups excluding tert-OH is 1. The highest BCUT2D eigenvalue weighted by atomic mass is 16.5. The average molecular weight is 457 g/mol. The van der Waals surface area contributed by atoms with Crippen molar-refractivity contribution in [3.05, 3.63) is 94.8 Å². The number of pyridine rings is 1. The van der Waals surface area contributed by atoms with Gasteiger partial charge < -0.3 is 9.84 Å². The van der Waals surface area contributed by atoms with Gasteiger partial charge in [-0.2, -0.15) is 0 Å². The highest BCUT2D eigenvalue weighted by Gasteiger charge is 2.47. The molecular weight excluding hydrogens is 428 g/mol. The third-order valence-corrected chi connectivity index (χ3v) is 5.93. The lowest BCUT2D eigenvalue weighted by Gasteiger charge is -2.25. The fraction of sp³-hybridized carbons (Fsp3) is 0.250. The first-order chi connectivity index (χ1) is 16.3. The number of aromatic nitrogens is 1. The van der Waals surface area contributed by atoms with Gasteiger partial charge in [-0.05, 0) is 72.9 Å². The molecule has 0 saturated carbocycles. The van der Waals surface area contributed by atoms with Crippen LogP contribution in [0.1, 0.15) is 55.0 Å². The van der Waals surface area contributed by atoms with Gasteiger partial charge in [0.25, 0.3) is 11.7 Å². The molecule has 2 aromatic carbocycles. The Bertz CT molecular complexity index is 1260. The number of carbonyl (C=O) groups excluding carboxylic acids is 2. The number of benzene rings is 2. The van der Waals surface area contributed by atoms with E-state index < -0.39 is 17.7 Å². The highest BCUT2D eigenvalue weighted by Crippen LogP contribution is 2.42. The van der Waals surface area contributed by atoms with Crippen molar-refractivity contribution in [1.82, 2.24) is 4.98 Å². The minimum absolute atomic E-state index is 0.0402. The molecule has 1 unspecified atom stereocenters. The number of amides is 1. The summed E-state index contributed by atoms with van der Waals surface area (Å²) in [5.41, 5.74) is 3.60. The van der Waals surface area contributed by atoms with Crippen molar-refractivity contribution in [1.29, 1.82) is 0 Å². The molecule has 0 aliphatic carbocycles. The number of nitrogens with zero attached hydrogens (tertiary/aromatic N) is 2. The number of hydrogen-bond acceptors (Lipinski definition) is 5. The topological polar surface area (TPSA) is 79.7 Å². The van der Waals surface area contributed by atoms with E-state index in [9.17, 15) is 14.7 Å². The molecule has 0 radical (unpaired) electrons. The van der Waals surface area contributed by atoms with Crippen LogP contribution in [0.5, 0.6) is 5.75 Å². The van der Waals surface area contributed by atoms with Crippen LogP contribution < -0.4 is 9.64 Å². The fourth-order valence-electron chi connectivity index (χ4n) is 4.32. The van der Waals surface area contributed by atoms with Crippen molar-refractivity contribution >= 4 is 23.1 Å². The Morgan fingerprint density at radius 3 is 2.56 bits per heavy atom. The zero-order valence-corrected chi connectivity index (χ0v) is 19.8. The van der Waals surface area contributed by atoms with Crippen molar-refractivity contribution in [2.45, 2.75) is 39.7 Å². The van der Waals surface area contributed by atoms with Crippen molar-refractivity contribution in [2.75, 3.05) is 11.5 Å². The van der Waals surface area contributed by atoms with Crippen LogP contribution in [0.15, 0.2) is 72.6 Å². The molecule has 6 heteroatoms. The molecular formula is C28H28N2O4. The molecule has 1 aliphatic rings. The summed E-state index contributed by atoms with van der Waals surface area (Å²) < 4.78 is 5.74. The molecule has 0 spiro atoms. The largest absolute Gasteiger partial charge is 0.507 e. The first-order valence-corrected chi connectivity index (χ1v) is 11.4. The maximum absolute atomic E-state index is 13.3. The monoisotopic (exact) mass is 456 g/mol. The summed E-state index contributed by atoms with van der Waals surface area (Å²) in [5.74, 6) is -0.757. The quantitative estimate of drug-likeness (QED) is 0.299. The van der Waals surface area contributed by atoms with Gasteiger partial charge in [0, 0.05) is 23.6 Å². The Labute approximate surface area is 199 Å². The molecule has 2 heterocycles. The normalized spacial score (nSPS) is 17.4. The molecule has 1 aromatic heterocycles. The highest BCUT2D eigenvalue weighted by molar-refractivity contribution is 6.51. The van der Waals surface area contributed by atoms with E-state index in [4.69, 9.17) is 4.74 Å². The van der Waals surface area contributed by atoms with Gasteiger partial charge in [-0.1, -0.05) is 32.0 Å². The molecule has 4 rings (SSSR count). The van der Waals surface area contributed by atoms with E-state index >= 15 is 0 Å². The number of carbonyl (C=O) groups is 2. The second-order valence-corrected chi connectivity index (χ2v) is 8.63. The molecule has 1 saturated heterocycles. The minimum atomic E-state index is -0.801. The Morgan fingerprint density at radius 2 is 1.91 bits per heavy atom. The molecule has 34 heavy (non-hydrogen) atoms. The van der Waals surface area contributed by atoms with Gasteiger partial charge in [0.15, 0.2) is 0 Å². The van der Waals surface area contributed by atoms with Gasteiger partial charge >= 0.3 is 0 Å². The summed E-state index contributed by atoms with van der Waals surface area (Å²) in [6.45, 7) is 8.43. The van der Waals surface area contributed by atoms with Crippen LogP contribution in [-0.4, -0.2) is 28.4 Å². The molecule has 1 fully saturated rings. The van der Waals surface area contributed by atoms with Crippen molar-refractivity contribution < 1.29 is 19.4 Å². The number of ether oxygens (including phenoxy) is 1. The van der Waals surface area contributed by atoms with Crippen LogP contribution in [0.2, 0.25) is 0 Å². The average Bonchev–Trinajstić information content (AvgIpc) is 3.10. The van der Waals surface area contributed by atoms with E-state index in [2.05, 4.69) is 4.98 Å². The van der Waals surface area contributed by atoms with Gasteiger partial charge in [0.05, 0.1) is 18.2 Å². The number of rotatable bonds is 6. The molecule has 3 aromatic rings. The molecule has 1 N–H and O–H groups in total. The summed E-state index contributed by atoms with van der Waals surface area (Å²) in [6, 6.07) is 15.5. The van der Waals surface area contributed by atoms with Gasteiger partial charge in [0.2, 0.25) is 0 Å². The second kappa shape index (κ2) is 9.51. The smallest absolute Gasteiger partial charge is 0.300 e. The number of ketones is 1. The zero-order valence-electron chi connectivity index (χ0n) is 19.8. The van der Waals surface area contributed by atoms with Gasteiger partial charge in [-0.15, -0.1) is 0 Å². The number of aliphatic hydroxyl groups is 1. The van der Waals surface area contributed by atoms with E-state index in [1.54, 1.807) is 42.7 Å². The van der Waals surface area contributed by atoms with Crippen LogP contribution in [0, 0.1) is 6.92 Å². The van der Waals surface area contributed by atoms with Gasteiger partial charge in [0.1, 0.15) is 11.5 Å². The van der Waals surface area contributed by atoms with Crippen LogP contribution in [0.4, 0.5) is 5.69 Å². The van der Waals surface area contributed by atoms with Gasteiger partial charge in [-0.25, -0.2) is 0 Å². The predicted octanol–water partition coefficient (Wildman–Crippen LogP) is 5.54. The van der Waals surface area contributed by atoms with Crippen LogP contribution in [-0.2, 0) is 9.59 Å². The molecule has 1 aliphatic heterocycles. The van der Waals surface area contributed by atoms with E-state index in [-0.39, 0.29) is 17.3 Å². The maximum Gasteiger partial charge on any atom is 0.300 e. The van der Waals surface area contributed by atoms with Crippen molar-refractivity contribution in [2.24, 2.45) is 0 Å². The third kappa shape index (κ3) is 4.19. The van der Waals surface area contributed by atoms with Crippen LogP contribution in [0.25, 0.3) is 5.76 Å². The molecule has 1 amide bonds. The van der Waals surface area contributed by atoms with E-state index in [0.29, 0.717) is 23.4 Å². The first-order valence-electron chi connectivity index (χ1n) is 11.4. The van der Waals surface area contributed by atoms with Crippen LogP contribution >= 0.6 is 0 Å². The zero-order chi connectivity index (χ0) is 24.4.